The molecule has 4 rings (SSSR count). The van der Waals surface area contributed by atoms with Gasteiger partial charge >= 0.3 is 5.97 Å². The van der Waals surface area contributed by atoms with Crippen molar-refractivity contribution in [2.75, 3.05) is 6.54 Å². The van der Waals surface area contributed by atoms with Crippen LogP contribution in [0.5, 0.6) is 0 Å². The van der Waals surface area contributed by atoms with Crippen molar-refractivity contribution in [2.45, 2.75) is 77.9 Å². The zero-order valence-electron chi connectivity index (χ0n) is 23.8. The van der Waals surface area contributed by atoms with Crippen LogP contribution in [0.4, 0.5) is 0 Å². The molecule has 7 nitrogen and oxygen atoms in total. The lowest BCUT2D eigenvalue weighted by Crippen LogP contribution is -2.52. The number of benzene rings is 2. The number of nitrogens with one attached hydrogen (secondary N) is 1. The summed E-state index contributed by atoms with van der Waals surface area (Å²) in [5, 5.41) is 12.1. The Morgan fingerprint density at radius 2 is 1.77 bits per heavy atom. The van der Waals surface area contributed by atoms with Crippen LogP contribution in [0.1, 0.15) is 93.7 Å². The molecule has 2 aromatic carbocycles. The van der Waals surface area contributed by atoms with Crippen LogP contribution in [0, 0.1) is 17.8 Å². The Morgan fingerprint density at radius 3 is 2.38 bits per heavy atom. The van der Waals surface area contributed by atoms with Gasteiger partial charge in [-0.15, -0.1) is 0 Å². The third-order valence-corrected chi connectivity index (χ3v) is 8.19. The normalized spacial score (nSPS) is 23.4. The lowest BCUT2D eigenvalue weighted by Gasteiger charge is -2.47. The molecule has 1 saturated carbocycles. The molecule has 2 unspecified atom stereocenters. The van der Waals surface area contributed by atoms with Gasteiger partial charge in [-0.1, -0.05) is 63.6 Å². The fraction of sp³-hybridized carbons (Fsp3) is 0.500. The van der Waals surface area contributed by atoms with E-state index in [0.29, 0.717) is 34.1 Å². The summed E-state index contributed by atoms with van der Waals surface area (Å²) >= 11 is 6.32. The standard InChI is InChI=1S/C32H40ClN3O4/c1-20(2)8-13-27(23-9-11-24(12-10-23)30(39)34-15-14-28(37)38)36-31(40)29(25-6-5-7-26(33)17-25)35-32(36)18-21(3)16-22(4)19-32/h5-7,9-12,17,20-22,27H,8,13-16,18-19H2,1-4H3,(H,34,39)(H,37,38)/t21?,22?,27-,32?/m1/s1. The monoisotopic (exact) mass is 565 g/mol. The summed E-state index contributed by atoms with van der Waals surface area (Å²) < 4.78 is 0. The quantitative estimate of drug-likeness (QED) is 0.343. The molecular weight excluding hydrogens is 526 g/mol. The Morgan fingerprint density at radius 1 is 1.10 bits per heavy atom. The first-order valence-electron chi connectivity index (χ1n) is 14.3. The first-order valence-corrected chi connectivity index (χ1v) is 14.7. The molecule has 1 spiro atoms. The van der Waals surface area contributed by atoms with E-state index in [1.807, 2.05) is 35.2 Å². The number of rotatable bonds is 10. The second-order valence-electron chi connectivity index (χ2n) is 12.0. The predicted molar refractivity (Wildman–Crippen MR) is 158 cm³/mol. The van der Waals surface area contributed by atoms with Crippen molar-refractivity contribution in [3.63, 3.8) is 0 Å². The summed E-state index contributed by atoms with van der Waals surface area (Å²) in [6, 6.07) is 14.5. The predicted octanol–water partition coefficient (Wildman–Crippen LogP) is 6.51. The van der Waals surface area contributed by atoms with Gasteiger partial charge in [-0.25, -0.2) is 0 Å². The van der Waals surface area contributed by atoms with E-state index in [1.54, 1.807) is 18.2 Å². The smallest absolute Gasteiger partial charge is 0.305 e. The molecule has 1 heterocycles. The minimum atomic E-state index is -0.960. The molecule has 2 aliphatic rings. The van der Waals surface area contributed by atoms with Crippen molar-refractivity contribution in [1.82, 2.24) is 10.2 Å². The van der Waals surface area contributed by atoms with Crippen LogP contribution >= 0.6 is 11.6 Å². The number of nitrogens with zero attached hydrogens (tertiary/aromatic N) is 2. The maximum absolute atomic E-state index is 14.4. The van der Waals surface area contributed by atoms with E-state index in [0.717, 1.165) is 43.2 Å². The summed E-state index contributed by atoms with van der Waals surface area (Å²) in [5.74, 6) is -0.0608. The van der Waals surface area contributed by atoms with Gasteiger partial charge in [-0.2, -0.15) is 0 Å². The van der Waals surface area contributed by atoms with E-state index < -0.39 is 11.6 Å². The Kier molecular flexibility index (Phi) is 9.34. The van der Waals surface area contributed by atoms with Gasteiger partial charge in [0.25, 0.3) is 11.8 Å². The fourth-order valence-corrected chi connectivity index (χ4v) is 6.58. The first-order chi connectivity index (χ1) is 19.0. The summed E-state index contributed by atoms with van der Waals surface area (Å²) in [5.41, 5.74) is 1.98. The van der Waals surface area contributed by atoms with E-state index in [4.69, 9.17) is 21.7 Å². The molecule has 2 N–H and O–H groups in total. The molecule has 40 heavy (non-hydrogen) atoms. The van der Waals surface area contributed by atoms with Crippen molar-refractivity contribution in [2.24, 2.45) is 22.7 Å². The van der Waals surface area contributed by atoms with Crippen molar-refractivity contribution >= 4 is 35.1 Å². The molecule has 3 atom stereocenters. The minimum absolute atomic E-state index is 0.0672. The number of carboxylic acid groups (broad SMARTS) is 1. The van der Waals surface area contributed by atoms with Gasteiger partial charge in [0, 0.05) is 22.7 Å². The SMILES string of the molecule is CC(C)CC[C@H](c1ccc(C(=O)NCCC(=O)O)cc1)N1C(=O)C(c2cccc(Cl)c2)=NC12CC(C)CC(C)C2. The second kappa shape index (κ2) is 12.5. The molecule has 1 aliphatic heterocycles. The van der Waals surface area contributed by atoms with Crippen molar-refractivity contribution in [3.8, 4) is 0 Å². The average Bonchev–Trinajstić information content (AvgIpc) is 3.14. The van der Waals surface area contributed by atoms with Crippen molar-refractivity contribution < 1.29 is 19.5 Å². The highest BCUT2D eigenvalue weighted by atomic mass is 35.5. The molecule has 8 heteroatoms. The minimum Gasteiger partial charge on any atom is -0.481 e. The number of carbonyl (C=O) groups excluding carboxylic acids is 2. The fourth-order valence-electron chi connectivity index (χ4n) is 6.39. The lowest BCUT2D eigenvalue weighted by molar-refractivity contribution is -0.137. The second-order valence-corrected chi connectivity index (χ2v) is 12.4. The number of hydrogen-bond donors (Lipinski definition) is 2. The summed E-state index contributed by atoms with van der Waals surface area (Å²) in [4.78, 5) is 45.0. The largest absolute Gasteiger partial charge is 0.481 e. The Labute approximate surface area is 242 Å². The molecule has 2 aromatic rings. The number of aliphatic carboxylic acids is 1. The Hall–Kier alpha value is -3.19. The zero-order chi connectivity index (χ0) is 29.0. The summed E-state index contributed by atoms with van der Waals surface area (Å²) in [7, 11) is 0. The van der Waals surface area contributed by atoms with Crippen LogP contribution in [0.15, 0.2) is 53.5 Å². The van der Waals surface area contributed by atoms with E-state index in [-0.39, 0.29) is 30.8 Å². The molecule has 0 radical (unpaired) electrons. The number of hydrogen-bond acceptors (Lipinski definition) is 4. The first kappa shape index (κ1) is 29.8. The van der Waals surface area contributed by atoms with Crippen LogP contribution in [0.25, 0.3) is 0 Å². The molecule has 0 bridgehead atoms. The third-order valence-electron chi connectivity index (χ3n) is 7.95. The van der Waals surface area contributed by atoms with Crippen molar-refractivity contribution in [3.05, 3.63) is 70.2 Å². The summed E-state index contributed by atoms with van der Waals surface area (Å²) in [6.07, 6.45) is 4.28. The van der Waals surface area contributed by atoms with Crippen LogP contribution in [-0.2, 0) is 9.59 Å². The van der Waals surface area contributed by atoms with Gasteiger partial charge in [0.2, 0.25) is 0 Å². The number of halogens is 1. The molecule has 1 aliphatic carbocycles. The number of amides is 2. The van der Waals surface area contributed by atoms with Gasteiger partial charge in [0.1, 0.15) is 11.4 Å². The van der Waals surface area contributed by atoms with Gasteiger partial charge in [0.05, 0.1) is 12.5 Å². The van der Waals surface area contributed by atoms with Crippen LogP contribution in [-0.4, -0.2) is 45.7 Å². The lowest BCUT2D eigenvalue weighted by atomic mass is 9.75. The van der Waals surface area contributed by atoms with Gasteiger partial charge < -0.3 is 15.3 Å². The molecule has 1 fully saturated rings. The Bertz CT molecular complexity index is 1260. The van der Waals surface area contributed by atoms with Crippen LogP contribution in [0.3, 0.4) is 0 Å². The Balaban J connectivity index is 1.72. The highest BCUT2D eigenvalue weighted by molar-refractivity contribution is 6.47. The van der Waals surface area contributed by atoms with E-state index in [9.17, 15) is 14.4 Å². The van der Waals surface area contributed by atoms with Gasteiger partial charge in [-0.3, -0.25) is 19.4 Å². The number of aliphatic imine (C=N–C) groups is 1. The molecule has 2 amide bonds. The highest BCUT2D eigenvalue weighted by Crippen LogP contribution is 2.48. The maximum atomic E-state index is 14.4. The average molecular weight is 566 g/mol. The molecule has 0 saturated heterocycles. The maximum Gasteiger partial charge on any atom is 0.305 e. The zero-order valence-corrected chi connectivity index (χ0v) is 24.6. The molecule has 214 valence electrons. The topological polar surface area (TPSA) is 99.1 Å². The van der Waals surface area contributed by atoms with Gasteiger partial charge in [0.15, 0.2) is 0 Å². The van der Waals surface area contributed by atoms with E-state index in [2.05, 4.69) is 33.0 Å². The number of carbonyl (C=O) groups is 3. The number of carboxylic acids is 1. The van der Waals surface area contributed by atoms with Crippen LogP contribution in [0.2, 0.25) is 5.02 Å². The highest BCUT2D eigenvalue weighted by Gasteiger charge is 2.53. The van der Waals surface area contributed by atoms with Crippen molar-refractivity contribution in [1.29, 1.82) is 0 Å². The van der Waals surface area contributed by atoms with E-state index >= 15 is 0 Å². The van der Waals surface area contributed by atoms with Gasteiger partial charge in [-0.05, 0) is 79.7 Å². The summed E-state index contributed by atoms with van der Waals surface area (Å²) in [6.45, 7) is 8.92. The molecular formula is C32H40ClN3O4. The third kappa shape index (κ3) is 6.74. The van der Waals surface area contributed by atoms with Crippen LogP contribution < -0.4 is 5.32 Å². The molecule has 0 aromatic heterocycles. The van der Waals surface area contributed by atoms with E-state index in [1.165, 1.54) is 0 Å².